The van der Waals surface area contributed by atoms with Gasteiger partial charge in [-0.1, -0.05) is 6.92 Å². The average Bonchev–Trinajstić information content (AvgIpc) is 2.99. The van der Waals surface area contributed by atoms with Crippen molar-refractivity contribution in [2.24, 2.45) is 0 Å². The van der Waals surface area contributed by atoms with Crippen LogP contribution in [0.3, 0.4) is 0 Å². The molecule has 1 aromatic rings. The fourth-order valence-corrected chi connectivity index (χ4v) is 3.00. The van der Waals surface area contributed by atoms with Crippen LogP contribution in [0.2, 0.25) is 0 Å². The standard InChI is InChI=1S/C17H31N5O/c1-4-8-22-9-7-18-16(22)14-19-17(23)6-5-15(2)21-12-10-20(3)11-13-21/h7,9,15H,4-6,8,10-14H2,1-3H3,(H,19,23). The number of nitrogens with zero attached hydrogens (tertiary/aromatic N) is 4. The van der Waals surface area contributed by atoms with Gasteiger partial charge in [-0.15, -0.1) is 0 Å². The van der Waals surface area contributed by atoms with E-state index >= 15 is 0 Å². The molecule has 1 fully saturated rings. The van der Waals surface area contributed by atoms with Gasteiger partial charge < -0.3 is 14.8 Å². The predicted molar refractivity (Wildman–Crippen MR) is 92.1 cm³/mol. The van der Waals surface area contributed by atoms with Gasteiger partial charge >= 0.3 is 0 Å². The van der Waals surface area contributed by atoms with Crippen molar-refractivity contribution >= 4 is 5.91 Å². The van der Waals surface area contributed by atoms with Crippen molar-refractivity contribution in [1.82, 2.24) is 24.7 Å². The Morgan fingerprint density at radius 2 is 2.09 bits per heavy atom. The SMILES string of the molecule is CCCn1ccnc1CNC(=O)CCC(C)N1CCN(C)CC1. The van der Waals surface area contributed by atoms with Crippen LogP contribution in [-0.4, -0.2) is 64.5 Å². The van der Waals surface area contributed by atoms with Crippen molar-refractivity contribution in [3.05, 3.63) is 18.2 Å². The molecule has 1 unspecified atom stereocenters. The van der Waals surface area contributed by atoms with E-state index in [4.69, 9.17) is 0 Å². The number of hydrogen-bond acceptors (Lipinski definition) is 4. The van der Waals surface area contributed by atoms with Crippen molar-refractivity contribution in [2.45, 2.75) is 52.2 Å². The Bertz CT molecular complexity index is 479. The smallest absolute Gasteiger partial charge is 0.220 e. The highest BCUT2D eigenvalue weighted by molar-refractivity contribution is 5.75. The maximum atomic E-state index is 12.1. The van der Waals surface area contributed by atoms with Crippen LogP contribution in [0.4, 0.5) is 0 Å². The van der Waals surface area contributed by atoms with E-state index in [-0.39, 0.29) is 5.91 Å². The van der Waals surface area contributed by atoms with Crippen LogP contribution in [0.25, 0.3) is 0 Å². The van der Waals surface area contributed by atoms with E-state index in [1.807, 2.05) is 6.20 Å². The molecule has 1 aliphatic heterocycles. The van der Waals surface area contributed by atoms with Gasteiger partial charge in [0.25, 0.3) is 0 Å². The second-order valence-corrected chi connectivity index (χ2v) is 6.54. The van der Waals surface area contributed by atoms with Gasteiger partial charge in [-0.05, 0) is 26.8 Å². The number of imidazole rings is 1. The number of carbonyl (C=O) groups is 1. The van der Waals surface area contributed by atoms with E-state index in [9.17, 15) is 4.79 Å². The molecule has 6 heteroatoms. The molecule has 6 nitrogen and oxygen atoms in total. The number of aromatic nitrogens is 2. The summed E-state index contributed by atoms with van der Waals surface area (Å²) >= 11 is 0. The zero-order chi connectivity index (χ0) is 16.7. The number of piperazine rings is 1. The first kappa shape index (κ1) is 17.9. The van der Waals surface area contributed by atoms with Crippen molar-refractivity contribution in [1.29, 1.82) is 0 Å². The van der Waals surface area contributed by atoms with E-state index in [1.165, 1.54) is 0 Å². The summed E-state index contributed by atoms with van der Waals surface area (Å²) in [6, 6.07) is 0.469. The number of amides is 1. The Hall–Kier alpha value is -1.40. The summed E-state index contributed by atoms with van der Waals surface area (Å²) in [6.45, 7) is 10.3. The highest BCUT2D eigenvalue weighted by Crippen LogP contribution is 2.10. The third kappa shape index (κ3) is 5.62. The Kier molecular flexibility index (Phi) is 7.05. The summed E-state index contributed by atoms with van der Waals surface area (Å²) in [6.07, 6.45) is 6.34. The van der Waals surface area contributed by atoms with Gasteiger partial charge in [0.05, 0.1) is 6.54 Å². The van der Waals surface area contributed by atoms with Gasteiger partial charge in [0, 0.05) is 57.6 Å². The highest BCUT2D eigenvalue weighted by Gasteiger charge is 2.19. The zero-order valence-electron chi connectivity index (χ0n) is 14.8. The lowest BCUT2D eigenvalue weighted by Gasteiger charge is -2.36. The van der Waals surface area contributed by atoms with Gasteiger partial charge in [0.1, 0.15) is 5.82 Å². The zero-order valence-corrected chi connectivity index (χ0v) is 14.8. The van der Waals surface area contributed by atoms with Gasteiger partial charge in [0.2, 0.25) is 5.91 Å². The van der Waals surface area contributed by atoms with Crippen LogP contribution in [0.5, 0.6) is 0 Å². The van der Waals surface area contributed by atoms with Crippen LogP contribution in [-0.2, 0) is 17.9 Å². The number of rotatable bonds is 8. The molecule has 1 N–H and O–H groups in total. The fourth-order valence-electron chi connectivity index (χ4n) is 3.00. The molecule has 130 valence electrons. The summed E-state index contributed by atoms with van der Waals surface area (Å²) in [5.74, 6) is 1.06. The molecule has 1 aromatic heterocycles. The molecule has 0 aromatic carbocycles. The average molecular weight is 321 g/mol. The van der Waals surface area contributed by atoms with E-state index in [0.717, 1.165) is 51.4 Å². The van der Waals surface area contributed by atoms with Crippen LogP contribution in [0.1, 0.15) is 38.9 Å². The molecule has 0 bridgehead atoms. The minimum Gasteiger partial charge on any atom is -0.349 e. The van der Waals surface area contributed by atoms with Crippen LogP contribution in [0, 0.1) is 0 Å². The monoisotopic (exact) mass is 321 g/mol. The molecule has 0 radical (unpaired) electrons. The number of carbonyl (C=O) groups excluding carboxylic acids is 1. The van der Waals surface area contributed by atoms with Gasteiger partial charge in [-0.3, -0.25) is 9.69 Å². The third-order valence-electron chi connectivity index (χ3n) is 4.66. The van der Waals surface area contributed by atoms with E-state index in [1.54, 1.807) is 6.20 Å². The maximum absolute atomic E-state index is 12.1. The minimum absolute atomic E-state index is 0.122. The largest absolute Gasteiger partial charge is 0.349 e. The third-order valence-corrected chi connectivity index (χ3v) is 4.66. The van der Waals surface area contributed by atoms with Crippen LogP contribution in [0.15, 0.2) is 12.4 Å². The summed E-state index contributed by atoms with van der Waals surface area (Å²) in [7, 11) is 2.16. The molecular formula is C17H31N5O. The Balaban J connectivity index is 1.67. The Labute approximate surface area is 139 Å². The molecule has 2 rings (SSSR count). The number of likely N-dealkylation sites (N-methyl/N-ethyl adjacent to an activating group) is 1. The first-order valence-corrected chi connectivity index (χ1v) is 8.79. The summed E-state index contributed by atoms with van der Waals surface area (Å²) in [5.41, 5.74) is 0. The van der Waals surface area contributed by atoms with Gasteiger partial charge in [0.15, 0.2) is 0 Å². The summed E-state index contributed by atoms with van der Waals surface area (Å²) in [4.78, 5) is 21.2. The molecule has 2 heterocycles. The quantitative estimate of drug-likeness (QED) is 0.785. The summed E-state index contributed by atoms with van der Waals surface area (Å²) in [5, 5.41) is 3.00. The number of hydrogen-bond donors (Lipinski definition) is 1. The van der Waals surface area contributed by atoms with E-state index in [2.05, 4.69) is 45.6 Å². The molecule has 1 atom stereocenters. The molecule has 0 spiro atoms. The lowest BCUT2D eigenvalue weighted by molar-refractivity contribution is -0.121. The second-order valence-electron chi connectivity index (χ2n) is 6.54. The Morgan fingerprint density at radius 1 is 1.35 bits per heavy atom. The van der Waals surface area contributed by atoms with E-state index < -0.39 is 0 Å². The van der Waals surface area contributed by atoms with Crippen molar-refractivity contribution in [3.63, 3.8) is 0 Å². The maximum Gasteiger partial charge on any atom is 0.220 e. The Morgan fingerprint density at radius 3 is 2.78 bits per heavy atom. The minimum atomic E-state index is 0.122. The fraction of sp³-hybridized carbons (Fsp3) is 0.765. The predicted octanol–water partition coefficient (Wildman–Crippen LogP) is 1.33. The second kappa shape index (κ2) is 9.03. The molecule has 1 saturated heterocycles. The first-order valence-electron chi connectivity index (χ1n) is 8.79. The first-order chi connectivity index (χ1) is 11.1. The molecule has 0 aliphatic carbocycles. The number of nitrogens with one attached hydrogen (secondary N) is 1. The summed E-state index contributed by atoms with van der Waals surface area (Å²) < 4.78 is 2.10. The van der Waals surface area contributed by atoms with Crippen molar-refractivity contribution < 1.29 is 4.79 Å². The lowest BCUT2D eigenvalue weighted by atomic mass is 10.1. The van der Waals surface area contributed by atoms with Crippen molar-refractivity contribution in [3.8, 4) is 0 Å². The molecule has 1 amide bonds. The van der Waals surface area contributed by atoms with Gasteiger partial charge in [-0.25, -0.2) is 4.98 Å². The van der Waals surface area contributed by atoms with E-state index in [0.29, 0.717) is 19.0 Å². The molecule has 1 aliphatic rings. The molecule has 23 heavy (non-hydrogen) atoms. The topological polar surface area (TPSA) is 53.4 Å². The highest BCUT2D eigenvalue weighted by atomic mass is 16.1. The molecule has 0 saturated carbocycles. The van der Waals surface area contributed by atoms with Crippen LogP contribution >= 0.6 is 0 Å². The normalized spacial score (nSPS) is 18.0. The molecular weight excluding hydrogens is 290 g/mol. The van der Waals surface area contributed by atoms with Crippen molar-refractivity contribution in [2.75, 3.05) is 33.2 Å². The lowest BCUT2D eigenvalue weighted by Crippen LogP contribution is -2.48. The van der Waals surface area contributed by atoms with Gasteiger partial charge in [-0.2, -0.15) is 0 Å². The number of aryl methyl sites for hydroxylation is 1. The van der Waals surface area contributed by atoms with Crippen LogP contribution < -0.4 is 5.32 Å².